The molecule has 1 fully saturated rings. The minimum atomic E-state index is -2.33. The van der Waals surface area contributed by atoms with Gasteiger partial charge in [-0.25, -0.2) is 0 Å². The third kappa shape index (κ3) is 5.27. The standard InChI is InChI=1S/C18H36O7Si/c1-17(2,3)16(22)24-14-12(10-20)23-11(9-19)13(21)15(14)25-26(7,8)18(4,5)6/h11-15,19-21H,9-10H2,1-8H3/t11-,12+,13+,14-,15+/m0/s1. The predicted molar refractivity (Wildman–Crippen MR) is 100 cm³/mol. The van der Waals surface area contributed by atoms with Gasteiger partial charge in [-0.1, -0.05) is 20.8 Å². The van der Waals surface area contributed by atoms with Crippen LogP contribution in [0.5, 0.6) is 0 Å². The smallest absolute Gasteiger partial charge is 0.311 e. The van der Waals surface area contributed by atoms with Crippen molar-refractivity contribution in [3.63, 3.8) is 0 Å². The molecule has 1 heterocycles. The number of hydrogen-bond donors (Lipinski definition) is 3. The van der Waals surface area contributed by atoms with E-state index >= 15 is 0 Å². The Labute approximate surface area is 157 Å². The lowest BCUT2D eigenvalue weighted by Crippen LogP contribution is -2.64. The Morgan fingerprint density at radius 2 is 1.50 bits per heavy atom. The summed E-state index contributed by atoms with van der Waals surface area (Å²) in [5.74, 6) is -0.469. The zero-order valence-electron chi connectivity index (χ0n) is 17.3. The lowest BCUT2D eigenvalue weighted by molar-refractivity contribution is -0.243. The van der Waals surface area contributed by atoms with Crippen molar-refractivity contribution in [1.29, 1.82) is 0 Å². The molecule has 8 heteroatoms. The molecule has 5 atom stereocenters. The minimum absolute atomic E-state index is 0.132. The van der Waals surface area contributed by atoms with Crippen LogP contribution in [0.15, 0.2) is 0 Å². The molecule has 3 N–H and O–H groups in total. The number of aliphatic hydroxyl groups excluding tert-OH is 3. The summed E-state index contributed by atoms with van der Waals surface area (Å²) >= 11 is 0. The molecule has 1 saturated heterocycles. The first-order valence-corrected chi connectivity index (χ1v) is 12.0. The topological polar surface area (TPSA) is 105 Å². The maximum absolute atomic E-state index is 12.4. The molecule has 0 amide bonds. The van der Waals surface area contributed by atoms with Crippen LogP contribution in [0.4, 0.5) is 0 Å². The molecule has 0 aliphatic carbocycles. The molecule has 154 valence electrons. The average molecular weight is 393 g/mol. The Kier molecular flexibility index (Phi) is 7.46. The highest BCUT2D eigenvalue weighted by molar-refractivity contribution is 6.74. The van der Waals surface area contributed by atoms with Crippen molar-refractivity contribution < 1.29 is 34.0 Å². The van der Waals surface area contributed by atoms with Crippen molar-refractivity contribution >= 4 is 14.3 Å². The van der Waals surface area contributed by atoms with E-state index in [0.717, 1.165) is 0 Å². The van der Waals surface area contributed by atoms with Crippen LogP contribution < -0.4 is 0 Å². The van der Waals surface area contributed by atoms with E-state index in [2.05, 4.69) is 20.8 Å². The molecule has 0 aromatic heterocycles. The van der Waals surface area contributed by atoms with Gasteiger partial charge in [0.2, 0.25) is 0 Å². The molecule has 0 aromatic carbocycles. The fourth-order valence-corrected chi connectivity index (χ4v) is 3.70. The van der Waals surface area contributed by atoms with Gasteiger partial charge in [0.15, 0.2) is 14.4 Å². The number of esters is 1. The maximum atomic E-state index is 12.4. The van der Waals surface area contributed by atoms with Crippen LogP contribution in [-0.2, 0) is 18.7 Å². The summed E-state index contributed by atoms with van der Waals surface area (Å²) in [6.45, 7) is 14.6. The second kappa shape index (κ2) is 8.24. The van der Waals surface area contributed by atoms with Crippen LogP contribution in [0, 0.1) is 5.41 Å². The normalized spacial score (nSPS) is 31.0. The minimum Gasteiger partial charge on any atom is -0.456 e. The summed E-state index contributed by atoms with van der Waals surface area (Å²) in [5.41, 5.74) is -0.750. The van der Waals surface area contributed by atoms with Gasteiger partial charge < -0.3 is 29.2 Å². The summed E-state index contributed by atoms with van der Waals surface area (Å²) in [5, 5.41) is 29.8. The van der Waals surface area contributed by atoms with Crippen LogP contribution >= 0.6 is 0 Å². The zero-order chi connectivity index (χ0) is 20.5. The Bertz CT molecular complexity index is 481. The van der Waals surface area contributed by atoms with Crippen LogP contribution in [0.2, 0.25) is 18.1 Å². The lowest BCUT2D eigenvalue weighted by atomic mass is 9.93. The van der Waals surface area contributed by atoms with Crippen LogP contribution in [-0.4, -0.2) is 73.3 Å². The van der Waals surface area contributed by atoms with E-state index in [1.165, 1.54) is 0 Å². The fraction of sp³-hybridized carbons (Fsp3) is 0.944. The number of carbonyl (C=O) groups excluding carboxylic acids is 1. The largest absolute Gasteiger partial charge is 0.456 e. The van der Waals surface area contributed by atoms with Crippen molar-refractivity contribution in [1.82, 2.24) is 0 Å². The van der Waals surface area contributed by atoms with Crippen molar-refractivity contribution in [2.45, 2.75) is 90.2 Å². The number of carbonyl (C=O) groups is 1. The Balaban J connectivity index is 3.22. The molecule has 1 rings (SSSR count). The van der Waals surface area contributed by atoms with Crippen LogP contribution in [0.3, 0.4) is 0 Å². The molecule has 26 heavy (non-hydrogen) atoms. The van der Waals surface area contributed by atoms with E-state index in [1.807, 2.05) is 13.1 Å². The van der Waals surface area contributed by atoms with Crippen molar-refractivity contribution in [2.75, 3.05) is 13.2 Å². The zero-order valence-corrected chi connectivity index (χ0v) is 18.3. The van der Waals surface area contributed by atoms with E-state index in [4.69, 9.17) is 13.9 Å². The second-order valence-electron chi connectivity index (χ2n) is 9.53. The van der Waals surface area contributed by atoms with Gasteiger partial charge in [0.25, 0.3) is 0 Å². The highest BCUT2D eigenvalue weighted by Crippen LogP contribution is 2.40. The van der Waals surface area contributed by atoms with Gasteiger partial charge in [0, 0.05) is 0 Å². The summed E-state index contributed by atoms with van der Waals surface area (Å²) in [6, 6.07) is 0. The Hall–Kier alpha value is -0.513. The highest BCUT2D eigenvalue weighted by atomic mass is 28.4. The fourth-order valence-electron chi connectivity index (χ4n) is 2.39. The number of ether oxygens (including phenoxy) is 2. The molecule has 7 nitrogen and oxygen atoms in total. The van der Waals surface area contributed by atoms with E-state index in [1.54, 1.807) is 20.8 Å². The second-order valence-corrected chi connectivity index (χ2v) is 14.3. The molecule has 0 bridgehead atoms. The molecule has 0 saturated carbocycles. The van der Waals surface area contributed by atoms with E-state index < -0.39 is 63.4 Å². The first-order chi connectivity index (χ1) is 11.7. The van der Waals surface area contributed by atoms with Gasteiger partial charge >= 0.3 is 5.97 Å². The third-order valence-corrected chi connectivity index (χ3v) is 9.68. The Morgan fingerprint density at radius 3 is 1.88 bits per heavy atom. The molecule has 1 aliphatic rings. The SMILES string of the molecule is CC(C)(C)C(=O)O[C@@H]1[C@H](O[Si](C)(C)C(C)(C)C)[C@H](O)[C@H](CO)O[C@@H]1CO. The monoisotopic (exact) mass is 392 g/mol. The molecule has 1 aliphatic heterocycles. The first kappa shape index (κ1) is 23.5. The summed E-state index contributed by atoms with van der Waals surface area (Å²) < 4.78 is 17.5. The van der Waals surface area contributed by atoms with Crippen LogP contribution in [0.1, 0.15) is 41.5 Å². The average Bonchev–Trinajstić information content (AvgIpc) is 2.48. The van der Waals surface area contributed by atoms with Crippen molar-refractivity contribution in [2.24, 2.45) is 5.41 Å². The van der Waals surface area contributed by atoms with Gasteiger partial charge in [-0.15, -0.1) is 0 Å². The molecule has 0 spiro atoms. The molecular weight excluding hydrogens is 356 g/mol. The van der Waals surface area contributed by atoms with Gasteiger partial charge in [-0.05, 0) is 38.9 Å². The molecule has 0 unspecified atom stereocenters. The predicted octanol–water partition coefficient (Wildman–Crippen LogP) is 1.45. The Morgan fingerprint density at radius 1 is 1.00 bits per heavy atom. The quantitative estimate of drug-likeness (QED) is 0.480. The number of aliphatic hydroxyl groups is 3. The summed E-state index contributed by atoms with van der Waals surface area (Å²) in [7, 11) is -2.33. The maximum Gasteiger partial charge on any atom is 0.311 e. The van der Waals surface area contributed by atoms with Crippen molar-refractivity contribution in [3.05, 3.63) is 0 Å². The van der Waals surface area contributed by atoms with E-state index in [0.29, 0.717) is 0 Å². The molecular formula is C18H36O7Si. The number of hydrogen-bond acceptors (Lipinski definition) is 7. The summed E-state index contributed by atoms with van der Waals surface area (Å²) in [6.07, 6.45) is -4.80. The lowest BCUT2D eigenvalue weighted by Gasteiger charge is -2.48. The first-order valence-electron chi connectivity index (χ1n) is 9.10. The third-order valence-electron chi connectivity index (χ3n) is 5.21. The summed E-state index contributed by atoms with van der Waals surface area (Å²) in [4.78, 5) is 12.4. The van der Waals surface area contributed by atoms with E-state index in [-0.39, 0.29) is 5.04 Å². The van der Waals surface area contributed by atoms with Gasteiger partial charge in [0.05, 0.1) is 18.6 Å². The molecule has 0 radical (unpaired) electrons. The van der Waals surface area contributed by atoms with E-state index in [9.17, 15) is 20.1 Å². The number of rotatable bonds is 5. The molecule has 0 aromatic rings. The van der Waals surface area contributed by atoms with Crippen LogP contribution in [0.25, 0.3) is 0 Å². The van der Waals surface area contributed by atoms with Gasteiger partial charge in [0.1, 0.15) is 24.4 Å². The van der Waals surface area contributed by atoms with Gasteiger partial charge in [-0.2, -0.15) is 0 Å². The van der Waals surface area contributed by atoms with Crippen molar-refractivity contribution in [3.8, 4) is 0 Å². The highest BCUT2D eigenvalue weighted by Gasteiger charge is 2.52. The van der Waals surface area contributed by atoms with Gasteiger partial charge in [-0.3, -0.25) is 4.79 Å².